The summed E-state index contributed by atoms with van der Waals surface area (Å²) >= 11 is 3.54. The SMILES string of the molecule is CCOC(C)CC(C)(C)C(C)CBr. The fourth-order valence-electron chi connectivity index (χ4n) is 1.49. The summed E-state index contributed by atoms with van der Waals surface area (Å²) in [4.78, 5) is 0. The molecule has 0 heterocycles. The Balaban J connectivity index is 3.99. The van der Waals surface area contributed by atoms with Gasteiger partial charge in [0.15, 0.2) is 0 Å². The van der Waals surface area contributed by atoms with Gasteiger partial charge in [-0.15, -0.1) is 0 Å². The van der Waals surface area contributed by atoms with E-state index in [1.807, 2.05) is 0 Å². The maximum atomic E-state index is 5.56. The molecule has 2 atom stereocenters. The van der Waals surface area contributed by atoms with E-state index in [1.54, 1.807) is 0 Å². The van der Waals surface area contributed by atoms with Crippen LogP contribution in [0.5, 0.6) is 0 Å². The van der Waals surface area contributed by atoms with Crippen molar-refractivity contribution in [3.8, 4) is 0 Å². The zero-order valence-electron chi connectivity index (χ0n) is 9.56. The minimum Gasteiger partial charge on any atom is -0.379 e. The van der Waals surface area contributed by atoms with Crippen LogP contribution < -0.4 is 0 Å². The molecule has 2 unspecified atom stereocenters. The summed E-state index contributed by atoms with van der Waals surface area (Å²) in [7, 11) is 0. The van der Waals surface area contributed by atoms with Crippen molar-refractivity contribution in [1.29, 1.82) is 0 Å². The van der Waals surface area contributed by atoms with Crippen molar-refractivity contribution in [2.45, 2.75) is 47.1 Å². The highest BCUT2D eigenvalue weighted by Gasteiger charge is 2.27. The smallest absolute Gasteiger partial charge is 0.0552 e. The lowest BCUT2D eigenvalue weighted by Gasteiger charge is -2.33. The van der Waals surface area contributed by atoms with Crippen LogP contribution in [0, 0.1) is 11.3 Å². The molecule has 0 spiro atoms. The molecule has 0 N–H and O–H groups in total. The van der Waals surface area contributed by atoms with Gasteiger partial charge in [-0.1, -0.05) is 36.7 Å². The lowest BCUT2D eigenvalue weighted by atomic mass is 9.77. The zero-order chi connectivity index (χ0) is 10.5. The lowest BCUT2D eigenvalue weighted by Crippen LogP contribution is -2.28. The maximum Gasteiger partial charge on any atom is 0.0552 e. The van der Waals surface area contributed by atoms with E-state index in [9.17, 15) is 0 Å². The van der Waals surface area contributed by atoms with Crippen LogP contribution in [0.15, 0.2) is 0 Å². The fourth-order valence-corrected chi connectivity index (χ4v) is 2.37. The topological polar surface area (TPSA) is 9.23 Å². The third kappa shape index (κ3) is 5.02. The average molecular weight is 251 g/mol. The molecule has 0 saturated heterocycles. The zero-order valence-corrected chi connectivity index (χ0v) is 11.1. The number of hydrogen-bond acceptors (Lipinski definition) is 1. The molecule has 0 saturated carbocycles. The molecule has 0 bridgehead atoms. The molecule has 0 aromatic rings. The van der Waals surface area contributed by atoms with Crippen molar-refractivity contribution in [3.05, 3.63) is 0 Å². The summed E-state index contributed by atoms with van der Waals surface area (Å²) in [5, 5.41) is 1.07. The van der Waals surface area contributed by atoms with Gasteiger partial charge in [-0.3, -0.25) is 0 Å². The Kier molecular flexibility index (Phi) is 6.23. The van der Waals surface area contributed by atoms with Crippen molar-refractivity contribution in [1.82, 2.24) is 0 Å². The first-order chi connectivity index (χ1) is 5.94. The van der Waals surface area contributed by atoms with Crippen molar-refractivity contribution in [2.75, 3.05) is 11.9 Å². The Labute approximate surface area is 91.4 Å². The number of alkyl halides is 1. The van der Waals surface area contributed by atoms with E-state index < -0.39 is 0 Å². The molecule has 1 nitrogen and oxygen atoms in total. The highest BCUT2D eigenvalue weighted by Crippen LogP contribution is 2.33. The van der Waals surface area contributed by atoms with Gasteiger partial charge in [-0.05, 0) is 31.6 Å². The second-order valence-corrected chi connectivity index (χ2v) is 5.16. The Bertz CT molecular complexity index is 134. The molecule has 0 rings (SSSR count). The van der Waals surface area contributed by atoms with E-state index >= 15 is 0 Å². The summed E-state index contributed by atoms with van der Waals surface area (Å²) in [5.41, 5.74) is 0.359. The number of rotatable bonds is 6. The molecule has 0 aliphatic carbocycles. The summed E-state index contributed by atoms with van der Waals surface area (Å²) in [6, 6.07) is 0. The Morgan fingerprint density at radius 1 is 1.31 bits per heavy atom. The first kappa shape index (κ1) is 13.4. The number of ether oxygens (including phenoxy) is 1. The van der Waals surface area contributed by atoms with Crippen LogP contribution in [0.25, 0.3) is 0 Å². The maximum absolute atomic E-state index is 5.56. The molecule has 0 amide bonds. The van der Waals surface area contributed by atoms with Gasteiger partial charge in [0.1, 0.15) is 0 Å². The predicted octanol–water partition coefficient (Wildman–Crippen LogP) is 3.86. The van der Waals surface area contributed by atoms with Gasteiger partial charge in [0.25, 0.3) is 0 Å². The van der Waals surface area contributed by atoms with Crippen LogP contribution >= 0.6 is 15.9 Å². The van der Waals surface area contributed by atoms with Crippen LogP contribution in [0.4, 0.5) is 0 Å². The molecule has 0 fully saturated rings. The second kappa shape index (κ2) is 6.02. The van der Waals surface area contributed by atoms with Crippen LogP contribution in [-0.2, 0) is 4.74 Å². The van der Waals surface area contributed by atoms with Crippen LogP contribution in [0.3, 0.4) is 0 Å². The second-order valence-electron chi connectivity index (χ2n) is 4.51. The third-order valence-corrected chi connectivity index (χ3v) is 3.80. The molecule has 13 heavy (non-hydrogen) atoms. The van der Waals surface area contributed by atoms with Gasteiger partial charge in [0.2, 0.25) is 0 Å². The minimum atomic E-state index is 0.359. The van der Waals surface area contributed by atoms with Crippen LogP contribution in [-0.4, -0.2) is 18.0 Å². The summed E-state index contributed by atoms with van der Waals surface area (Å²) in [5.74, 6) is 0.690. The molecule has 0 aliphatic heterocycles. The Hall–Kier alpha value is 0.440. The highest BCUT2D eigenvalue weighted by molar-refractivity contribution is 9.09. The standard InChI is InChI=1S/C11H23BrO/c1-6-13-10(3)7-11(4,5)9(2)8-12/h9-10H,6-8H2,1-5H3. The fraction of sp³-hybridized carbons (Fsp3) is 1.00. The van der Waals surface area contributed by atoms with Gasteiger partial charge in [0.05, 0.1) is 6.10 Å². The van der Waals surface area contributed by atoms with Gasteiger partial charge in [-0.25, -0.2) is 0 Å². The van der Waals surface area contributed by atoms with Crippen molar-refractivity contribution in [2.24, 2.45) is 11.3 Å². The molecular weight excluding hydrogens is 228 g/mol. The van der Waals surface area contributed by atoms with Gasteiger partial charge in [0, 0.05) is 11.9 Å². The monoisotopic (exact) mass is 250 g/mol. The Morgan fingerprint density at radius 3 is 2.23 bits per heavy atom. The summed E-state index contributed by atoms with van der Waals surface area (Å²) in [6.45, 7) is 11.9. The number of halogens is 1. The molecule has 0 aromatic carbocycles. The van der Waals surface area contributed by atoms with E-state index in [-0.39, 0.29) is 0 Å². The third-order valence-electron chi connectivity index (χ3n) is 2.83. The molecule has 0 radical (unpaired) electrons. The average Bonchev–Trinajstić information content (AvgIpc) is 2.02. The van der Waals surface area contributed by atoms with E-state index in [0.29, 0.717) is 17.4 Å². The molecular formula is C11H23BrO. The Morgan fingerprint density at radius 2 is 1.85 bits per heavy atom. The summed E-state index contributed by atoms with van der Waals surface area (Å²) in [6.07, 6.45) is 1.51. The van der Waals surface area contributed by atoms with Crippen molar-refractivity contribution >= 4 is 15.9 Å². The largest absolute Gasteiger partial charge is 0.379 e. The van der Waals surface area contributed by atoms with E-state index in [0.717, 1.165) is 18.4 Å². The van der Waals surface area contributed by atoms with Crippen molar-refractivity contribution < 1.29 is 4.74 Å². The first-order valence-electron chi connectivity index (χ1n) is 5.11. The van der Waals surface area contributed by atoms with E-state index in [2.05, 4.69) is 50.5 Å². The van der Waals surface area contributed by atoms with Crippen LogP contribution in [0.1, 0.15) is 41.0 Å². The van der Waals surface area contributed by atoms with Gasteiger partial charge >= 0.3 is 0 Å². The number of hydrogen-bond donors (Lipinski definition) is 0. The van der Waals surface area contributed by atoms with E-state index in [4.69, 9.17) is 4.74 Å². The van der Waals surface area contributed by atoms with Crippen molar-refractivity contribution in [3.63, 3.8) is 0 Å². The van der Waals surface area contributed by atoms with Crippen LogP contribution in [0.2, 0.25) is 0 Å². The molecule has 0 aromatic heterocycles. The minimum absolute atomic E-state index is 0.359. The normalized spacial score (nSPS) is 17.1. The highest BCUT2D eigenvalue weighted by atomic mass is 79.9. The summed E-state index contributed by atoms with van der Waals surface area (Å²) < 4.78 is 5.56. The molecule has 2 heteroatoms. The van der Waals surface area contributed by atoms with E-state index in [1.165, 1.54) is 0 Å². The lowest BCUT2D eigenvalue weighted by molar-refractivity contribution is 0.0316. The molecule has 0 aliphatic rings. The quantitative estimate of drug-likeness (QED) is 0.651. The van der Waals surface area contributed by atoms with Gasteiger partial charge in [-0.2, -0.15) is 0 Å². The van der Waals surface area contributed by atoms with Gasteiger partial charge < -0.3 is 4.74 Å². The first-order valence-corrected chi connectivity index (χ1v) is 6.23. The molecule has 80 valence electrons. The predicted molar refractivity (Wildman–Crippen MR) is 62.4 cm³/mol.